The Kier molecular flexibility index (Phi) is 5.07. The zero-order chi connectivity index (χ0) is 38.8. The molecule has 0 amide bonds. The van der Waals surface area contributed by atoms with Gasteiger partial charge in [0.25, 0.3) is 0 Å². The Bertz CT molecular complexity index is 2780. The van der Waals surface area contributed by atoms with Crippen LogP contribution in [-0.2, 0) is 0 Å². The third-order valence-corrected chi connectivity index (χ3v) is 8.53. The van der Waals surface area contributed by atoms with Crippen molar-refractivity contribution in [1.82, 2.24) is 9.13 Å². The van der Waals surface area contributed by atoms with Crippen molar-refractivity contribution in [1.29, 1.82) is 0 Å². The van der Waals surface area contributed by atoms with Crippen LogP contribution >= 0.6 is 0 Å². The molecular weight excluding hydrogens is 581 g/mol. The monoisotopic (exact) mass is 620 g/mol. The molecule has 2 heteroatoms. The van der Waals surface area contributed by atoms with Gasteiger partial charge in [-0.05, 0) is 87.8 Å². The quantitative estimate of drug-likeness (QED) is 0.175. The van der Waals surface area contributed by atoms with Gasteiger partial charge in [0.2, 0.25) is 0 Å². The fourth-order valence-electron chi connectivity index (χ4n) is 6.27. The number of hydrogen-bond acceptors (Lipinski definition) is 0. The molecular formula is C46H32N2. The first-order valence-electron chi connectivity index (χ1n) is 19.8. The van der Waals surface area contributed by atoms with E-state index in [1.807, 2.05) is 121 Å². The summed E-state index contributed by atoms with van der Waals surface area (Å²) in [5.41, 5.74) is 5.64. The van der Waals surface area contributed by atoms with Gasteiger partial charge in [-0.3, -0.25) is 0 Å². The Morgan fingerprint density at radius 1 is 0.333 bits per heavy atom. The summed E-state index contributed by atoms with van der Waals surface area (Å²) in [4.78, 5) is 0. The maximum atomic E-state index is 9.57. The molecule has 0 saturated heterocycles. The Balaban J connectivity index is 1.38. The van der Waals surface area contributed by atoms with E-state index in [-0.39, 0.29) is 81.3 Å². The third kappa shape index (κ3) is 4.92. The predicted molar refractivity (Wildman–Crippen MR) is 202 cm³/mol. The third-order valence-electron chi connectivity index (χ3n) is 8.53. The number of rotatable bonds is 6. The van der Waals surface area contributed by atoms with Crippen LogP contribution in [0.4, 0.5) is 0 Å². The minimum atomic E-state index is -0.125. The van der Waals surface area contributed by atoms with Gasteiger partial charge < -0.3 is 9.13 Å². The molecule has 9 aromatic rings. The highest BCUT2D eigenvalue weighted by molar-refractivity contribution is 5.94. The molecule has 0 aliphatic carbocycles. The molecule has 0 spiro atoms. The van der Waals surface area contributed by atoms with Crippen molar-refractivity contribution in [3.63, 3.8) is 0 Å². The van der Waals surface area contributed by atoms with Gasteiger partial charge in [-0.2, -0.15) is 0 Å². The maximum Gasteiger partial charge on any atom is 0.0652 e. The average molecular weight is 621 g/mol. The first-order chi connectivity index (χ1) is 27.2. The first kappa shape index (κ1) is 20.7. The molecule has 0 aliphatic heterocycles. The van der Waals surface area contributed by atoms with Crippen LogP contribution < -0.4 is 0 Å². The highest BCUT2D eigenvalue weighted by Crippen LogP contribution is 2.37. The molecule has 9 rings (SSSR count). The fourth-order valence-corrected chi connectivity index (χ4v) is 6.27. The fraction of sp³-hybridized carbons (Fsp3) is 0. The molecule has 0 radical (unpaired) electrons. The molecule has 226 valence electrons. The van der Waals surface area contributed by atoms with Crippen LogP contribution in [0.15, 0.2) is 194 Å². The van der Waals surface area contributed by atoms with E-state index in [0.29, 0.717) is 45.0 Å². The number of fused-ring (bicyclic) bond motifs is 2. The SMILES string of the molecule is [2H]c1c(-c2ccccc2)c([2H])c2c([2H])c(-c3ccccc3)n(-c3cccc(-n4c(-c5ccccc5)c([2H])c5c([2H])c(-c6ccccc6)c([2H])c([2H])c54)c3)c2c1[2H]. The van der Waals surface area contributed by atoms with Crippen LogP contribution in [0.1, 0.15) is 11.0 Å². The molecule has 48 heavy (non-hydrogen) atoms. The van der Waals surface area contributed by atoms with E-state index in [2.05, 4.69) is 0 Å². The summed E-state index contributed by atoms with van der Waals surface area (Å²) in [6.07, 6.45) is 0. The van der Waals surface area contributed by atoms with E-state index in [1.165, 1.54) is 0 Å². The second-order valence-electron chi connectivity index (χ2n) is 11.5. The topological polar surface area (TPSA) is 9.86 Å². The summed E-state index contributed by atoms with van der Waals surface area (Å²) in [5.74, 6) is 0. The lowest BCUT2D eigenvalue weighted by Crippen LogP contribution is -2.01. The van der Waals surface area contributed by atoms with E-state index in [1.54, 1.807) is 33.4 Å². The second kappa shape index (κ2) is 11.8. The lowest BCUT2D eigenvalue weighted by Gasteiger charge is -2.16. The molecule has 0 aliphatic rings. The molecule has 2 heterocycles. The summed E-state index contributed by atoms with van der Waals surface area (Å²) in [5, 5.41) is 0.497. The summed E-state index contributed by atoms with van der Waals surface area (Å²) in [7, 11) is 0. The minimum absolute atomic E-state index is 0.00933. The van der Waals surface area contributed by atoms with Crippen molar-refractivity contribution in [2.24, 2.45) is 0 Å². The summed E-state index contributed by atoms with van der Waals surface area (Å²) in [6, 6.07) is 43.9. The number of aromatic nitrogens is 2. The molecule has 0 saturated carbocycles. The minimum Gasteiger partial charge on any atom is -0.309 e. The van der Waals surface area contributed by atoms with E-state index < -0.39 is 0 Å². The standard InChI is InChI=1S/C46H32N2/c1-5-14-33(15-6-1)37-24-26-43-39(28-37)30-45(35-18-9-3-10-19-35)47(43)41-22-13-23-42(32-41)48-44-27-25-38(34-16-7-2-8-17-34)29-40(44)31-46(48)36-20-11-4-12-21-36/h1-32H/i24D,25D,26D,27D,28D,29D,30D,31D. The molecule has 2 nitrogen and oxygen atoms in total. The molecule has 7 aromatic carbocycles. The molecule has 0 atom stereocenters. The lowest BCUT2D eigenvalue weighted by atomic mass is 10.0. The summed E-state index contributed by atoms with van der Waals surface area (Å²) in [6.45, 7) is 0. The lowest BCUT2D eigenvalue weighted by molar-refractivity contribution is 1.09. The average Bonchev–Trinajstić information content (AvgIpc) is 3.72. The van der Waals surface area contributed by atoms with E-state index >= 15 is 0 Å². The highest BCUT2D eigenvalue weighted by atomic mass is 15.0. The van der Waals surface area contributed by atoms with Gasteiger partial charge in [0.15, 0.2) is 0 Å². The zero-order valence-electron chi connectivity index (χ0n) is 33.8. The molecule has 0 N–H and O–H groups in total. The van der Waals surface area contributed by atoms with E-state index in [0.717, 1.165) is 0 Å². The first-order valence-corrected chi connectivity index (χ1v) is 15.8. The smallest absolute Gasteiger partial charge is 0.0652 e. The predicted octanol–water partition coefficient (Wildman–Crippen LogP) is 12.2. The second-order valence-corrected chi connectivity index (χ2v) is 11.5. The van der Waals surface area contributed by atoms with Crippen LogP contribution in [0.3, 0.4) is 0 Å². The highest BCUT2D eigenvalue weighted by Gasteiger charge is 2.17. The van der Waals surface area contributed by atoms with Crippen LogP contribution in [0.2, 0.25) is 0 Å². The van der Waals surface area contributed by atoms with Crippen molar-refractivity contribution in [3.8, 4) is 56.1 Å². The zero-order valence-corrected chi connectivity index (χ0v) is 25.8. The maximum absolute atomic E-state index is 9.57. The van der Waals surface area contributed by atoms with Crippen molar-refractivity contribution in [3.05, 3.63) is 194 Å². The number of benzene rings is 7. The van der Waals surface area contributed by atoms with Gasteiger partial charge in [-0.15, -0.1) is 0 Å². The van der Waals surface area contributed by atoms with Gasteiger partial charge in [-0.1, -0.05) is 139 Å². The normalized spacial score (nSPS) is 13.7. The van der Waals surface area contributed by atoms with Gasteiger partial charge in [0, 0.05) is 22.1 Å². The number of hydrogen-bond donors (Lipinski definition) is 0. The van der Waals surface area contributed by atoms with Gasteiger partial charge >= 0.3 is 0 Å². The molecule has 0 fully saturated rings. The van der Waals surface area contributed by atoms with Crippen molar-refractivity contribution in [2.75, 3.05) is 0 Å². The number of nitrogens with zero attached hydrogens (tertiary/aromatic N) is 2. The van der Waals surface area contributed by atoms with Gasteiger partial charge in [-0.25, -0.2) is 0 Å². The van der Waals surface area contributed by atoms with Crippen LogP contribution in [-0.4, -0.2) is 9.13 Å². The van der Waals surface area contributed by atoms with Crippen LogP contribution in [0, 0.1) is 0 Å². The summed E-state index contributed by atoms with van der Waals surface area (Å²) < 4.78 is 78.7. The van der Waals surface area contributed by atoms with Crippen molar-refractivity contribution in [2.45, 2.75) is 0 Å². The van der Waals surface area contributed by atoms with Crippen LogP contribution in [0.5, 0.6) is 0 Å². The van der Waals surface area contributed by atoms with E-state index in [9.17, 15) is 11.0 Å². The van der Waals surface area contributed by atoms with Gasteiger partial charge in [0.1, 0.15) is 0 Å². The molecule has 2 aromatic heterocycles. The largest absolute Gasteiger partial charge is 0.309 e. The molecule has 0 bridgehead atoms. The Morgan fingerprint density at radius 2 is 0.708 bits per heavy atom. The van der Waals surface area contributed by atoms with Gasteiger partial charge in [0.05, 0.1) is 33.4 Å². The van der Waals surface area contributed by atoms with E-state index in [4.69, 9.17) is 0 Å². The summed E-state index contributed by atoms with van der Waals surface area (Å²) >= 11 is 0. The van der Waals surface area contributed by atoms with Crippen LogP contribution in [0.25, 0.3) is 77.9 Å². The van der Waals surface area contributed by atoms with Crippen molar-refractivity contribution < 1.29 is 11.0 Å². The Morgan fingerprint density at radius 3 is 1.10 bits per heavy atom. The Labute approximate surface area is 291 Å². The molecule has 0 unspecified atom stereocenters. The van der Waals surface area contributed by atoms with Crippen molar-refractivity contribution >= 4 is 21.8 Å². The Hall–Kier alpha value is -6.38.